The lowest BCUT2D eigenvalue weighted by Crippen LogP contribution is -2.04. The standard InChI is InChI=1S/C11H11NO2/c1-2-3-7-11(13)14-9-10-6-4-5-8-12-10/h1,4-6,8H,3,7,9H2. The summed E-state index contributed by atoms with van der Waals surface area (Å²) in [7, 11) is 0. The number of hydrogen-bond donors (Lipinski definition) is 0. The Kier molecular flexibility index (Phi) is 4.22. The molecule has 0 atom stereocenters. The van der Waals surface area contributed by atoms with Gasteiger partial charge in [0, 0.05) is 12.6 Å². The van der Waals surface area contributed by atoms with Crippen molar-refractivity contribution in [1.82, 2.24) is 4.98 Å². The van der Waals surface area contributed by atoms with Crippen molar-refractivity contribution in [3.05, 3.63) is 30.1 Å². The Morgan fingerprint density at radius 2 is 2.43 bits per heavy atom. The van der Waals surface area contributed by atoms with Crippen LogP contribution in [0.4, 0.5) is 0 Å². The molecule has 0 unspecified atom stereocenters. The number of terminal acetylenes is 1. The molecule has 1 aromatic heterocycles. The zero-order valence-electron chi connectivity index (χ0n) is 7.77. The van der Waals surface area contributed by atoms with Gasteiger partial charge in [0.15, 0.2) is 0 Å². The number of aromatic nitrogens is 1. The van der Waals surface area contributed by atoms with Gasteiger partial charge in [-0.1, -0.05) is 6.07 Å². The average Bonchev–Trinajstić information content (AvgIpc) is 2.25. The lowest BCUT2D eigenvalue weighted by atomic mass is 10.3. The molecule has 0 saturated heterocycles. The van der Waals surface area contributed by atoms with E-state index in [9.17, 15) is 4.79 Å². The maximum atomic E-state index is 11.0. The highest BCUT2D eigenvalue weighted by Gasteiger charge is 2.01. The van der Waals surface area contributed by atoms with Crippen molar-refractivity contribution in [3.63, 3.8) is 0 Å². The molecule has 72 valence electrons. The monoisotopic (exact) mass is 189 g/mol. The third-order valence-corrected chi connectivity index (χ3v) is 1.58. The van der Waals surface area contributed by atoms with E-state index in [1.165, 1.54) is 0 Å². The summed E-state index contributed by atoms with van der Waals surface area (Å²) >= 11 is 0. The number of rotatable bonds is 4. The van der Waals surface area contributed by atoms with Gasteiger partial charge in [0.25, 0.3) is 0 Å². The van der Waals surface area contributed by atoms with E-state index < -0.39 is 0 Å². The predicted octanol–water partition coefficient (Wildman–Crippen LogP) is 1.54. The largest absolute Gasteiger partial charge is 0.459 e. The molecule has 3 nitrogen and oxygen atoms in total. The third kappa shape index (κ3) is 3.72. The molecule has 0 aliphatic heterocycles. The fourth-order valence-corrected chi connectivity index (χ4v) is 0.884. The van der Waals surface area contributed by atoms with Crippen LogP contribution in [0, 0.1) is 12.3 Å². The number of carbonyl (C=O) groups excluding carboxylic acids is 1. The fraction of sp³-hybridized carbons (Fsp3) is 0.273. The molecule has 0 N–H and O–H groups in total. The minimum absolute atomic E-state index is 0.213. The van der Waals surface area contributed by atoms with Crippen LogP contribution in [-0.2, 0) is 16.1 Å². The SMILES string of the molecule is C#CCCC(=O)OCc1ccccn1. The Hall–Kier alpha value is -1.82. The van der Waals surface area contributed by atoms with Crippen LogP contribution < -0.4 is 0 Å². The highest BCUT2D eigenvalue weighted by atomic mass is 16.5. The molecule has 0 aliphatic rings. The molecule has 0 saturated carbocycles. The van der Waals surface area contributed by atoms with Crippen molar-refractivity contribution in [1.29, 1.82) is 0 Å². The zero-order chi connectivity index (χ0) is 10.2. The minimum Gasteiger partial charge on any atom is -0.459 e. The van der Waals surface area contributed by atoms with E-state index in [4.69, 9.17) is 11.2 Å². The summed E-state index contributed by atoms with van der Waals surface area (Å²) in [5, 5.41) is 0. The summed E-state index contributed by atoms with van der Waals surface area (Å²) in [4.78, 5) is 15.0. The average molecular weight is 189 g/mol. The normalized spacial score (nSPS) is 9.07. The van der Waals surface area contributed by atoms with E-state index in [0.29, 0.717) is 6.42 Å². The quantitative estimate of drug-likeness (QED) is 0.532. The van der Waals surface area contributed by atoms with Gasteiger partial charge in [-0.2, -0.15) is 0 Å². The summed E-state index contributed by atoms with van der Waals surface area (Å²) < 4.78 is 4.93. The summed E-state index contributed by atoms with van der Waals surface area (Å²) in [5.74, 6) is 2.10. The van der Waals surface area contributed by atoms with Crippen molar-refractivity contribution in [2.75, 3.05) is 0 Å². The van der Waals surface area contributed by atoms with E-state index in [2.05, 4.69) is 10.9 Å². The molecule has 0 spiro atoms. The van der Waals surface area contributed by atoms with Crippen molar-refractivity contribution < 1.29 is 9.53 Å². The first kappa shape index (κ1) is 10.3. The van der Waals surface area contributed by atoms with Crippen molar-refractivity contribution >= 4 is 5.97 Å². The molecular weight excluding hydrogens is 178 g/mol. The van der Waals surface area contributed by atoms with Gasteiger partial charge < -0.3 is 4.74 Å². The number of carbonyl (C=O) groups is 1. The number of nitrogens with zero attached hydrogens (tertiary/aromatic N) is 1. The van der Waals surface area contributed by atoms with Crippen LogP contribution in [0.1, 0.15) is 18.5 Å². The van der Waals surface area contributed by atoms with Gasteiger partial charge in [-0.3, -0.25) is 9.78 Å². The zero-order valence-corrected chi connectivity index (χ0v) is 7.77. The van der Waals surface area contributed by atoms with E-state index >= 15 is 0 Å². The number of pyridine rings is 1. The second-order valence-corrected chi connectivity index (χ2v) is 2.69. The van der Waals surface area contributed by atoms with E-state index in [1.807, 2.05) is 12.1 Å². The first-order valence-corrected chi connectivity index (χ1v) is 4.32. The van der Waals surface area contributed by atoms with Crippen LogP contribution in [0.2, 0.25) is 0 Å². The van der Waals surface area contributed by atoms with E-state index in [0.717, 1.165) is 5.69 Å². The molecule has 0 bridgehead atoms. The molecule has 0 aromatic carbocycles. The second kappa shape index (κ2) is 5.76. The highest BCUT2D eigenvalue weighted by Crippen LogP contribution is 1.98. The summed E-state index contributed by atoms with van der Waals surface area (Å²) in [6.45, 7) is 0.213. The van der Waals surface area contributed by atoms with Gasteiger partial charge in [0.05, 0.1) is 12.1 Å². The predicted molar refractivity (Wildman–Crippen MR) is 52.1 cm³/mol. The highest BCUT2D eigenvalue weighted by molar-refractivity contribution is 5.69. The summed E-state index contributed by atoms with van der Waals surface area (Å²) in [5.41, 5.74) is 0.738. The lowest BCUT2D eigenvalue weighted by molar-refractivity contribution is -0.144. The van der Waals surface area contributed by atoms with Crippen LogP contribution in [0.15, 0.2) is 24.4 Å². The van der Waals surface area contributed by atoms with E-state index in [-0.39, 0.29) is 19.0 Å². The number of esters is 1. The van der Waals surface area contributed by atoms with Crippen molar-refractivity contribution in [3.8, 4) is 12.3 Å². The van der Waals surface area contributed by atoms with Crippen LogP contribution >= 0.6 is 0 Å². The number of hydrogen-bond acceptors (Lipinski definition) is 3. The molecule has 0 radical (unpaired) electrons. The summed E-state index contributed by atoms with van der Waals surface area (Å²) in [6, 6.07) is 5.45. The smallest absolute Gasteiger partial charge is 0.307 e. The molecule has 1 rings (SSSR count). The molecule has 14 heavy (non-hydrogen) atoms. The van der Waals surface area contributed by atoms with E-state index in [1.54, 1.807) is 12.3 Å². The Labute approximate surface area is 83.1 Å². The Morgan fingerprint density at radius 3 is 3.07 bits per heavy atom. The Balaban J connectivity index is 2.28. The van der Waals surface area contributed by atoms with Crippen LogP contribution in [-0.4, -0.2) is 11.0 Å². The first-order chi connectivity index (χ1) is 6.83. The molecule has 3 heteroatoms. The third-order valence-electron chi connectivity index (χ3n) is 1.58. The number of ether oxygens (including phenoxy) is 1. The molecular formula is C11H11NO2. The molecule has 1 heterocycles. The van der Waals surface area contributed by atoms with Gasteiger partial charge >= 0.3 is 5.97 Å². The topological polar surface area (TPSA) is 39.2 Å². The molecule has 0 amide bonds. The first-order valence-electron chi connectivity index (χ1n) is 4.32. The Bertz CT molecular complexity index is 327. The second-order valence-electron chi connectivity index (χ2n) is 2.69. The van der Waals surface area contributed by atoms with Gasteiger partial charge in [-0.05, 0) is 12.1 Å². The van der Waals surface area contributed by atoms with Crippen LogP contribution in [0.5, 0.6) is 0 Å². The van der Waals surface area contributed by atoms with Crippen LogP contribution in [0.3, 0.4) is 0 Å². The van der Waals surface area contributed by atoms with Gasteiger partial charge in [0.2, 0.25) is 0 Å². The van der Waals surface area contributed by atoms with Gasteiger partial charge in [-0.15, -0.1) is 12.3 Å². The van der Waals surface area contributed by atoms with Crippen molar-refractivity contribution in [2.45, 2.75) is 19.4 Å². The summed E-state index contributed by atoms with van der Waals surface area (Å²) in [6.07, 6.45) is 7.36. The molecule has 0 aliphatic carbocycles. The Morgan fingerprint density at radius 1 is 1.57 bits per heavy atom. The molecule has 1 aromatic rings. The van der Waals surface area contributed by atoms with Gasteiger partial charge in [-0.25, -0.2) is 0 Å². The van der Waals surface area contributed by atoms with Crippen molar-refractivity contribution in [2.24, 2.45) is 0 Å². The maximum absolute atomic E-state index is 11.0. The van der Waals surface area contributed by atoms with Crippen LogP contribution in [0.25, 0.3) is 0 Å². The van der Waals surface area contributed by atoms with Gasteiger partial charge in [0.1, 0.15) is 6.61 Å². The fourth-order valence-electron chi connectivity index (χ4n) is 0.884. The minimum atomic E-state index is -0.284. The lowest BCUT2D eigenvalue weighted by Gasteiger charge is -2.02. The maximum Gasteiger partial charge on any atom is 0.307 e. The molecule has 0 fully saturated rings.